The molecule has 2 aliphatic heterocycles. The predicted molar refractivity (Wildman–Crippen MR) is 103 cm³/mol. The average molecular weight is 396 g/mol. The van der Waals surface area contributed by atoms with Gasteiger partial charge in [-0.25, -0.2) is 0 Å². The average Bonchev–Trinajstić information content (AvgIpc) is 2.68. The summed E-state index contributed by atoms with van der Waals surface area (Å²) in [6.07, 6.45) is 1.35. The number of benzene rings is 1. The molecule has 0 aromatic heterocycles. The van der Waals surface area contributed by atoms with Gasteiger partial charge in [-0.2, -0.15) is 17.0 Å². The van der Waals surface area contributed by atoms with E-state index in [1.807, 2.05) is 37.4 Å². The molecule has 0 amide bonds. The van der Waals surface area contributed by atoms with Crippen molar-refractivity contribution in [3.8, 4) is 0 Å². The Morgan fingerprint density at radius 1 is 1.15 bits per heavy atom. The van der Waals surface area contributed by atoms with Gasteiger partial charge in [0.1, 0.15) is 0 Å². The standard InChI is InChI=1S/C19H29N3O4S/c1-3-26-19(23)17-10-7-11-21(14-17)27(24,25)22-13-12-20(2)15-18(22)16-8-5-4-6-9-16/h4-6,8-9,17-18H,3,7,10-15H2,1-2H3/t17-,18+/m0/s1. The van der Waals surface area contributed by atoms with E-state index in [1.54, 1.807) is 11.2 Å². The lowest BCUT2D eigenvalue weighted by atomic mass is 10.0. The van der Waals surface area contributed by atoms with Crippen LogP contribution in [0, 0.1) is 5.92 Å². The van der Waals surface area contributed by atoms with Gasteiger partial charge in [0.15, 0.2) is 0 Å². The van der Waals surface area contributed by atoms with Crippen molar-refractivity contribution in [3.63, 3.8) is 0 Å². The largest absolute Gasteiger partial charge is 0.466 e. The molecule has 2 aliphatic rings. The van der Waals surface area contributed by atoms with Gasteiger partial charge in [-0.1, -0.05) is 30.3 Å². The highest BCUT2D eigenvalue weighted by Crippen LogP contribution is 2.31. The van der Waals surface area contributed by atoms with E-state index in [9.17, 15) is 13.2 Å². The SMILES string of the molecule is CCOC(=O)[C@H]1CCCN(S(=O)(=O)N2CCN(C)C[C@@H]2c2ccccc2)C1. The summed E-state index contributed by atoms with van der Waals surface area (Å²) in [5, 5.41) is 0. The Morgan fingerprint density at radius 2 is 1.89 bits per heavy atom. The lowest BCUT2D eigenvalue weighted by Gasteiger charge is -2.42. The molecule has 0 bridgehead atoms. The Bertz CT molecular complexity index is 741. The van der Waals surface area contributed by atoms with E-state index in [-0.39, 0.29) is 24.5 Å². The summed E-state index contributed by atoms with van der Waals surface area (Å²) < 4.78 is 35.1. The van der Waals surface area contributed by atoms with Crippen molar-refractivity contribution < 1.29 is 17.9 Å². The number of carbonyl (C=O) groups is 1. The van der Waals surface area contributed by atoms with Crippen molar-refractivity contribution in [3.05, 3.63) is 35.9 Å². The molecule has 27 heavy (non-hydrogen) atoms. The minimum absolute atomic E-state index is 0.203. The number of carbonyl (C=O) groups excluding carboxylic acids is 1. The number of piperidine rings is 1. The van der Waals surface area contributed by atoms with E-state index in [0.29, 0.717) is 45.6 Å². The van der Waals surface area contributed by atoms with Gasteiger partial charge in [0.05, 0.1) is 18.6 Å². The minimum atomic E-state index is -3.65. The monoisotopic (exact) mass is 395 g/mol. The Morgan fingerprint density at radius 3 is 2.59 bits per heavy atom. The minimum Gasteiger partial charge on any atom is -0.466 e. The molecule has 0 spiro atoms. The van der Waals surface area contributed by atoms with Crippen LogP contribution in [-0.4, -0.2) is 74.3 Å². The Labute approximate surface area is 162 Å². The zero-order valence-corrected chi connectivity index (χ0v) is 16.9. The summed E-state index contributed by atoms with van der Waals surface area (Å²) in [5.74, 6) is -0.675. The third-order valence-electron chi connectivity index (χ3n) is 5.35. The summed E-state index contributed by atoms with van der Waals surface area (Å²) in [6, 6.07) is 9.54. The molecule has 150 valence electrons. The van der Waals surface area contributed by atoms with E-state index in [0.717, 1.165) is 5.56 Å². The van der Waals surface area contributed by atoms with E-state index < -0.39 is 10.2 Å². The van der Waals surface area contributed by atoms with Crippen molar-refractivity contribution in [2.45, 2.75) is 25.8 Å². The van der Waals surface area contributed by atoms with Crippen LogP contribution in [0.2, 0.25) is 0 Å². The summed E-state index contributed by atoms with van der Waals surface area (Å²) in [5.41, 5.74) is 0.992. The molecule has 2 saturated heterocycles. The molecule has 3 rings (SSSR count). The predicted octanol–water partition coefficient (Wildman–Crippen LogP) is 1.50. The van der Waals surface area contributed by atoms with Gasteiger partial charge in [-0.3, -0.25) is 4.79 Å². The Hall–Kier alpha value is -1.48. The topological polar surface area (TPSA) is 70.2 Å². The molecule has 2 fully saturated rings. The van der Waals surface area contributed by atoms with Gasteiger partial charge >= 0.3 is 5.97 Å². The number of piperazine rings is 1. The van der Waals surface area contributed by atoms with Crippen molar-refractivity contribution in [1.29, 1.82) is 0 Å². The van der Waals surface area contributed by atoms with E-state index >= 15 is 0 Å². The van der Waals surface area contributed by atoms with Crippen molar-refractivity contribution >= 4 is 16.2 Å². The Balaban J connectivity index is 1.82. The molecule has 0 radical (unpaired) electrons. The van der Waals surface area contributed by atoms with Crippen molar-refractivity contribution in [2.75, 3.05) is 46.4 Å². The molecule has 1 aromatic rings. The molecule has 0 N–H and O–H groups in total. The first-order valence-electron chi connectivity index (χ1n) is 9.60. The molecule has 2 atom stereocenters. The van der Waals surface area contributed by atoms with Crippen LogP contribution >= 0.6 is 0 Å². The fourth-order valence-corrected chi connectivity index (χ4v) is 5.73. The molecular formula is C19H29N3O4S. The molecule has 1 aromatic carbocycles. The van der Waals surface area contributed by atoms with E-state index in [4.69, 9.17) is 4.74 Å². The quantitative estimate of drug-likeness (QED) is 0.707. The van der Waals surface area contributed by atoms with Crippen LogP contribution in [0.1, 0.15) is 31.4 Å². The fraction of sp³-hybridized carbons (Fsp3) is 0.632. The molecule has 7 nitrogen and oxygen atoms in total. The normalized spacial score (nSPS) is 26.0. The van der Waals surface area contributed by atoms with Gasteiger partial charge in [-0.05, 0) is 32.4 Å². The van der Waals surface area contributed by atoms with Crippen LogP contribution in [0.4, 0.5) is 0 Å². The molecular weight excluding hydrogens is 366 g/mol. The number of likely N-dealkylation sites (N-methyl/N-ethyl adjacent to an activating group) is 1. The highest BCUT2D eigenvalue weighted by molar-refractivity contribution is 7.86. The number of hydrogen-bond donors (Lipinski definition) is 0. The summed E-state index contributed by atoms with van der Waals surface area (Å²) in [4.78, 5) is 14.3. The zero-order valence-electron chi connectivity index (χ0n) is 16.1. The fourth-order valence-electron chi connectivity index (χ4n) is 3.88. The molecule has 2 heterocycles. The summed E-state index contributed by atoms with van der Waals surface area (Å²) in [7, 11) is -1.64. The highest BCUT2D eigenvalue weighted by atomic mass is 32.2. The molecule has 0 saturated carbocycles. The molecule has 8 heteroatoms. The first-order chi connectivity index (χ1) is 12.9. The second kappa shape index (κ2) is 8.68. The third-order valence-corrected chi connectivity index (χ3v) is 7.36. The van der Waals surface area contributed by atoms with Gasteiger partial charge in [-0.15, -0.1) is 0 Å². The summed E-state index contributed by atoms with van der Waals surface area (Å²) >= 11 is 0. The smallest absolute Gasteiger partial charge is 0.310 e. The van der Waals surface area contributed by atoms with Gasteiger partial charge in [0.2, 0.25) is 0 Å². The van der Waals surface area contributed by atoms with Gasteiger partial charge in [0, 0.05) is 32.7 Å². The van der Waals surface area contributed by atoms with E-state index in [2.05, 4.69) is 4.90 Å². The maximum absolute atomic E-state index is 13.4. The number of nitrogens with zero attached hydrogens (tertiary/aromatic N) is 3. The van der Waals surface area contributed by atoms with Gasteiger partial charge < -0.3 is 9.64 Å². The number of esters is 1. The first kappa shape index (κ1) is 20.3. The highest BCUT2D eigenvalue weighted by Gasteiger charge is 2.41. The zero-order chi connectivity index (χ0) is 19.4. The maximum atomic E-state index is 13.4. The lowest BCUT2D eigenvalue weighted by molar-refractivity contribution is -0.149. The van der Waals surface area contributed by atoms with Crippen LogP contribution in [0.5, 0.6) is 0 Å². The first-order valence-corrected chi connectivity index (χ1v) is 11.0. The number of rotatable bonds is 5. The molecule has 0 unspecified atom stereocenters. The third kappa shape index (κ3) is 4.51. The van der Waals surface area contributed by atoms with Gasteiger partial charge in [0.25, 0.3) is 10.2 Å². The second-order valence-corrected chi connectivity index (χ2v) is 9.14. The number of hydrogen-bond acceptors (Lipinski definition) is 5. The van der Waals surface area contributed by atoms with Crippen molar-refractivity contribution in [2.24, 2.45) is 5.92 Å². The maximum Gasteiger partial charge on any atom is 0.310 e. The summed E-state index contributed by atoms with van der Waals surface area (Å²) in [6.45, 7) is 4.52. The number of ether oxygens (including phenoxy) is 1. The van der Waals surface area contributed by atoms with Crippen LogP contribution < -0.4 is 0 Å². The second-order valence-electron chi connectivity index (χ2n) is 7.26. The Kier molecular flexibility index (Phi) is 6.52. The van der Waals surface area contributed by atoms with Crippen LogP contribution in [0.15, 0.2) is 30.3 Å². The van der Waals surface area contributed by atoms with Crippen LogP contribution in [0.25, 0.3) is 0 Å². The van der Waals surface area contributed by atoms with Crippen LogP contribution in [0.3, 0.4) is 0 Å². The molecule has 0 aliphatic carbocycles. The van der Waals surface area contributed by atoms with Crippen molar-refractivity contribution in [1.82, 2.24) is 13.5 Å². The van der Waals surface area contributed by atoms with E-state index in [1.165, 1.54) is 4.31 Å². The lowest BCUT2D eigenvalue weighted by Crippen LogP contribution is -2.55. The van der Waals surface area contributed by atoms with Crippen LogP contribution in [-0.2, 0) is 19.7 Å².